The molecular formula is C18H27N3O5. The molecule has 0 aliphatic carbocycles. The van der Waals surface area contributed by atoms with Crippen LogP contribution in [0.2, 0.25) is 0 Å². The number of amides is 1. The number of hydrogen-bond acceptors (Lipinski definition) is 5. The number of nitrogen functional groups attached to an aromatic ring is 1. The van der Waals surface area contributed by atoms with Crippen LogP contribution in [-0.4, -0.2) is 41.1 Å². The fraction of sp³-hybridized carbons (Fsp3) is 0.389. The molecule has 0 bridgehead atoms. The van der Waals surface area contributed by atoms with E-state index in [-0.39, 0.29) is 5.91 Å². The number of carbonyl (C=O) groups excluding carboxylic acids is 1. The number of aliphatic carboxylic acids is 2. The average molecular weight is 365 g/mol. The Kier molecular flexibility index (Phi) is 12.9. The highest BCUT2D eigenvalue weighted by atomic mass is 16.4. The summed E-state index contributed by atoms with van der Waals surface area (Å²) in [6, 6.07) is 7.74. The molecule has 0 saturated heterocycles. The number of unbranched alkanes of at least 4 members (excludes halogenated alkanes) is 2. The van der Waals surface area contributed by atoms with E-state index >= 15 is 0 Å². The molecule has 0 aliphatic rings. The van der Waals surface area contributed by atoms with Crippen LogP contribution < -0.4 is 16.8 Å². The Hall–Kier alpha value is -2.87. The monoisotopic (exact) mass is 365 g/mol. The predicted octanol–water partition coefficient (Wildman–Crippen LogP) is 1.16. The molecule has 8 nitrogen and oxygen atoms in total. The summed E-state index contributed by atoms with van der Waals surface area (Å²) in [5.41, 5.74) is 12.9. The van der Waals surface area contributed by atoms with Crippen molar-refractivity contribution >= 4 is 23.5 Å². The lowest BCUT2D eigenvalue weighted by atomic mass is 10.1. The van der Waals surface area contributed by atoms with Gasteiger partial charge in [0.1, 0.15) is 0 Å². The van der Waals surface area contributed by atoms with Crippen LogP contribution in [0.1, 0.15) is 31.2 Å². The zero-order valence-electron chi connectivity index (χ0n) is 14.7. The normalized spacial score (nSPS) is 10.0. The first-order valence-corrected chi connectivity index (χ1v) is 8.30. The molecule has 0 radical (unpaired) electrons. The fourth-order valence-corrected chi connectivity index (χ4v) is 1.87. The minimum atomic E-state index is -1.26. The molecule has 0 spiro atoms. The summed E-state index contributed by atoms with van der Waals surface area (Å²) in [4.78, 5) is 30.6. The second-order valence-electron chi connectivity index (χ2n) is 5.45. The highest BCUT2D eigenvalue weighted by Gasteiger charge is 2.00. The van der Waals surface area contributed by atoms with E-state index in [2.05, 4.69) is 5.32 Å². The first-order valence-electron chi connectivity index (χ1n) is 8.30. The average Bonchev–Trinajstić information content (AvgIpc) is 2.59. The molecule has 0 aromatic heterocycles. The lowest BCUT2D eigenvalue weighted by Crippen LogP contribution is -2.25. The summed E-state index contributed by atoms with van der Waals surface area (Å²) in [6.45, 7) is 1.39. The van der Waals surface area contributed by atoms with E-state index in [1.807, 2.05) is 24.3 Å². The van der Waals surface area contributed by atoms with Crippen LogP contribution in [0.4, 0.5) is 5.69 Å². The molecule has 26 heavy (non-hydrogen) atoms. The van der Waals surface area contributed by atoms with E-state index in [1.165, 1.54) is 5.56 Å². The maximum atomic E-state index is 11.5. The number of nitrogens with one attached hydrogen (secondary N) is 1. The third-order valence-corrected chi connectivity index (χ3v) is 3.19. The molecule has 0 atom stereocenters. The van der Waals surface area contributed by atoms with Gasteiger partial charge in [-0.3, -0.25) is 4.79 Å². The van der Waals surface area contributed by atoms with Crippen molar-refractivity contribution in [3.05, 3.63) is 42.0 Å². The third-order valence-electron chi connectivity index (χ3n) is 3.19. The van der Waals surface area contributed by atoms with Crippen molar-refractivity contribution in [1.29, 1.82) is 0 Å². The molecule has 7 N–H and O–H groups in total. The van der Waals surface area contributed by atoms with Crippen LogP contribution in [0.5, 0.6) is 0 Å². The van der Waals surface area contributed by atoms with Gasteiger partial charge in [0.05, 0.1) is 0 Å². The van der Waals surface area contributed by atoms with Crippen LogP contribution >= 0.6 is 0 Å². The van der Waals surface area contributed by atoms with Gasteiger partial charge < -0.3 is 27.0 Å². The summed E-state index contributed by atoms with van der Waals surface area (Å²) in [6.07, 6.45) is 5.51. The summed E-state index contributed by atoms with van der Waals surface area (Å²) < 4.78 is 0. The van der Waals surface area contributed by atoms with Crippen molar-refractivity contribution in [2.75, 3.05) is 18.8 Å². The molecule has 1 aromatic carbocycles. The number of anilines is 1. The lowest BCUT2D eigenvalue weighted by molar-refractivity contribution is -0.134. The second kappa shape index (κ2) is 14.5. The molecule has 1 rings (SSSR count). The van der Waals surface area contributed by atoms with Crippen LogP contribution in [0.15, 0.2) is 36.4 Å². The Morgan fingerprint density at radius 2 is 1.54 bits per heavy atom. The van der Waals surface area contributed by atoms with Gasteiger partial charge in [-0.15, -0.1) is 0 Å². The molecule has 1 aromatic rings. The maximum Gasteiger partial charge on any atom is 0.328 e. The van der Waals surface area contributed by atoms with Crippen LogP contribution in [0, 0.1) is 0 Å². The van der Waals surface area contributed by atoms with E-state index in [9.17, 15) is 14.4 Å². The number of hydrogen-bond donors (Lipinski definition) is 5. The SMILES string of the molecule is NCCCCCC(=O)NCCc1ccc(N)cc1.O=C(O)/C=C/C(=O)O. The van der Waals surface area contributed by atoms with E-state index in [4.69, 9.17) is 21.7 Å². The van der Waals surface area contributed by atoms with Crippen molar-refractivity contribution in [3.8, 4) is 0 Å². The standard InChI is InChI=1S/C14H23N3O.C4H4O4/c15-10-3-1-2-4-14(18)17-11-9-12-5-7-13(16)8-6-12;5-3(6)1-2-4(7)8/h5-8H,1-4,9-11,15-16H2,(H,17,18);1-2H,(H,5,6)(H,7,8)/b;2-1+. The van der Waals surface area contributed by atoms with Gasteiger partial charge in [0.2, 0.25) is 5.91 Å². The van der Waals surface area contributed by atoms with Crippen molar-refractivity contribution in [2.45, 2.75) is 32.1 Å². The first-order chi connectivity index (χ1) is 12.3. The fourth-order valence-electron chi connectivity index (χ4n) is 1.87. The summed E-state index contributed by atoms with van der Waals surface area (Å²) in [7, 11) is 0. The molecule has 1 amide bonds. The number of rotatable bonds is 10. The van der Waals surface area contributed by atoms with Gasteiger partial charge in [-0.1, -0.05) is 18.6 Å². The zero-order valence-corrected chi connectivity index (χ0v) is 14.7. The quantitative estimate of drug-likeness (QED) is 0.236. The Bertz CT molecular complexity index is 569. The van der Waals surface area contributed by atoms with Gasteiger partial charge >= 0.3 is 11.9 Å². The Morgan fingerprint density at radius 1 is 0.962 bits per heavy atom. The second-order valence-corrected chi connectivity index (χ2v) is 5.45. The molecule has 0 heterocycles. The molecular weight excluding hydrogens is 338 g/mol. The zero-order chi connectivity index (χ0) is 19.8. The van der Waals surface area contributed by atoms with Crippen molar-refractivity contribution in [1.82, 2.24) is 5.32 Å². The highest BCUT2D eigenvalue weighted by molar-refractivity contribution is 5.89. The number of benzene rings is 1. The van der Waals surface area contributed by atoms with Crippen LogP contribution in [0.25, 0.3) is 0 Å². The largest absolute Gasteiger partial charge is 0.478 e. The topological polar surface area (TPSA) is 156 Å². The van der Waals surface area contributed by atoms with Crippen molar-refractivity contribution < 1.29 is 24.6 Å². The summed E-state index contributed by atoms with van der Waals surface area (Å²) >= 11 is 0. The lowest BCUT2D eigenvalue weighted by Gasteiger charge is -2.05. The molecule has 0 fully saturated rings. The number of nitrogens with two attached hydrogens (primary N) is 2. The van der Waals surface area contributed by atoms with Gasteiger partial charge in [0.25, 0.3) is 0 Å². The van der Waals surface area contributed by atoms with Gasteiger partial charge in [0, 0.05) is 30.8 Å². The predicted molar refractivity (Wildman–Crippen MR) is 99.5 cm³/mol. The third kappa shape index (κ3) is 14.7. The summed E-state index contributed by atoms with van der Waals surface area (Å²) in [5, 5.41) is 18.5. The van der Waals surface area contributed by atoms with E-state index in [1.54, 1.807) is 0 Å². The van der Waals surface area contributed by atoms with Gasteiger partial charge in [0.15, 0.2) is 0 Å². The van der Waals surface area contributed by atoms with Gasteiger partial charge in [-0.05, 0) is 43.5 Å². The van der Waals surface area contributed by atoms with Crippen LogP contribution in [0.3, 0.4) is 0 Å². The number of carbonyl (C=O) groups is 3. The summed E-state index contributed by atoms with van der Waals surface area (Å²) in [5.74, 6) is -2.39. The molecule has 8 heteroatoms. The minimum absolute atomic E-state index is 0.127. The molecule has 144 valence electrons. The Labute approximate surface area is 152 Å². The Balaban J connectivity index is 0.000000660. The highest BCUT2D eigenvalue weighted by Crippen LogP contribution is 2.05. The smallest absolute Gasteiger partial charge is 0.328 e. The van der Waals surface area contributed by atoms with Crippen LogP contribution in [-0.2, 0) is 20.8 Å². The number of carboxylic acid groups (broad SMARTS) is 2. The van der Waals surface area contributed by atoms with E-state index in [0.29, 0.717) is 31.7 Å². The molecule has 0 unspecified atom stereocenters. The Morgan fingerprint density at radius 3 is 2.04 bits per heavy atom. The van der Waals surface area contributed by atoms with E-state index < -0.39 is 11.9 Å². The molecule has 0 aliphatic heterocycles. The maximum absolute atomic E-state index is 11.5. The minimum Gasteiger partial charge on any atom is -0.478 e. The van der Waals surface area contributed by atoms with Gasteiger partial charge in [-0.25, -0.2) is 9.59 Å². The molecule has 0 saturated carbocycles. The van der Waals surface area contributed by atoms with Crippen molar-refractivity contribution in [3.63, 3.8) is 0 Å². The van der Waals surface area contributed by atoms with Crippen molar-refractivity contribution in [2.24, 2.45) is 5.73 Å². The number of carboxylic acids is 2. The van der Waals surface area contributed by atoms with E-state index in [0.717, 1.165) is 31.4 Å². The first kappa shape index (κ1) is 23.1. The van der Waals surface area contributed by atoms with Gasteiger partial charge in [-0.2, -0.15) is 0 Å².